The molecule has 0 unspecified atom stereocenters. The van der Waals surface area contributed by atoms with Crippen molar-refractivity contribution in [1.29, 1.82) is 0 Å². The number of primary amides is 1. The number of rotatable bonds is 29. The van der Waals surface area contributed by atoms with Gasteiger partial charge in [0.15, 0.2) is 5.43 Å². The predicted octanol–water partition coefficient (Wildman–Crippen LogP) is 6.30. The van der Waals surface area contributed by atoms with Gasteiger partial charge >= 0.3 is 30.1 Å². The van der Waals surface area contributed by atoms with Gasteiger partial charge < -0.3 is 66.6 Å². The Kier molecular flexibility index (Phi) is 24.2. The lowest BCUT2D eigenvalue weighted by Gasteiger charge is -2.33. The fourth-order valence-corrected chi connectivity index (χ4v) is 11.9. The lowest BCUT2D eigenvalue weighted by molar-refractivity contribution is -0.186. The zero-order valence-corrected chi connectivity index (χ0v) is 53.4. The van der Waals surface area contributed by atoms with Crippen molar-refractivity contribution < 1.29 is 83.8 Å². The molecule has 8 amide bonds. The highest BCUT2D eigenvalue weighted by Crippen LogP contribution is 2.43. The van der Waals surface area contributed by atoms with Crippen LogP contribution in [0.5, 0.6) is 11.5 Å². The number of aromatic carboxylic acids is 1. The molecule has 29 heteroatoms. The summed E-state index contributed by atoms with van der Waals surface area (Å²) in [6, 6.07) is 21.7. The molecule has 1 aliphatic carbocycles. The van der Waals surface area contributed by atoms with Gasteiger partial charge in [-0.3, -0.25) is 43.2 Å². The van der Waals surface area contributed by atoms with Gasteiger partial charge in [0.1, 0.15) is 34.9 Å². The van der Waals surface area contributed by atoms with Gasteiger partial charge in [0.2, 0.25) is 29.5 Å². The van der Waals surface area contributed by atoms with Crippen molar-refractivity contribution in [2.45, 2.75) is 127 Å². The van der Waals surface area contributed by atoms with E-state index in [0.717, 1.165) is 10.5 Å². The van der Waals surface area contributed by atoms with Crippen LogP contribution < -0.4 is 42.9 Å². The quantitative estimate of drug-likeness (QED) is 0.0154. The van der Waals surface area contributed by atoms with E-state index in [1.54, 1.807) is 68.6 Å². The summed E-state index contributed by atoms with van der Waals surface area (Å²) in [5.41, 5.74) is 12.4. The van der Waals surface area contributed by atoms with Crippen molar-refractivity contribution in [2.75, 3.05) is 52.9 Å². The second-order valence-corrected chi connectivity index (χ2v) is 24.1. The van der Waals surface area contributed by atoms with Crippen molar-refractivity contribution in [3.8, 4) is 33.9 Å². The number of benzene rings is 5. The molecule has 3 heterocycles. The number of unbranched alkanes of at least 4 members (excludes halogenated alkanes) is 1. The van der Waals surface area contributed by atoms with Crippen LogP contribution in [0.2, 0.25) is 0 Å². The first-order valence-corrected chi connectivity index (χ1v) is 31.6. The normalized spacial score (nSPS) is 16.1. The molecule has 23 nitrogen and oxygen atoms in total. The summed E-state index contributed by atoms with van der Waals surface area (Å²) in [4.78, 5) is 134. The summed E-state index contributed by atoms with van der Waals surface area (Å²) in [5.74, 6) is -9.12. The van der Waals surface area contributed by atoms with Gasteiger partial charge in [-0.2, -0.15) is 26.3 Å². The number of carbonyl (C=O) groups excluding carboxylic acids is 8. The summed E-state index contributed by atoms with van der Waals surface area (Å²) < 4.78 is 96.2. The van der Waals surface area contributed by atoms with E-state index in [0.29, 0.717) is 46.2 Å². The SMILES string of the molecule is CN[C@@H](C)C(=O)N[C@@H](CCCCNC(=O)c1ccc(-c2c3ccc(=O)cc-3oc3cc(Oc4ccc(CCN(C[C@@H]5CCCN5C(=O)[C@H](CC(N)=O)NC(=O)[C@H](C)N)C(=O)C(F)(F)F)cc4)ccc23)c(C(=O)O)c1)C(=O)N1CCC[C@H]1CN(CCc1ccccc1)C(=O)C(F)(F)F. The number of hydrogen-bond donors (Lipinski definition) is 7. The number of amides is 8. The fourth-order valence-electron chi connectivity index (χ4n) is 11.9. The minimum absolute atomic E-state index is 0.0293. The number of carboxylic acids is 1. The Bertz CT molecular complexity index is 3890. The number of carboxylic acid groups (broad SMARTS) is 1. The van der Waals surface area contributed by atoms with E-state index >= 15 is 0 Å². The Balaban J connectivity index is 0.928. The molecule has 97 heavy (non-hydrogen) atoms. The molecular weight excluding hydrogens is 1280 g/mol. The van der Waals surface area contributed by atoms with Crippen molar-refractivity contribution >= 4 is 64.2 Å². The Hall–Kier alpha value is -9.90. The van der Waals surface area contributed by atoms with Crippen LogP contribution in [-0.4, -0.2) is 179 Å². The monoisotopic (exact) mass is 1350 g/mol. The van der Waals surface area contributed by atoms with Crippen LogP contribution in [0.1, 0.15) is 97.1 Å². The minimum Gasteiger partial charge on any atom is -0.478 e. The first-order valence-electron chi connectivity index (χ1n) is 31.6. The molecule has 4 aromatic rings. The number of ether oxygens (including phenoxy) is 1. The maximum Gasteiger partial charge on any atom is 0.471 e. The molecule has 0 saturated carbocycles. The van der Waals surface area contributed by atoms with E-state index < -0.39 is 127 Å². The van der Waals surface area contributed by atoms with Gasteiger partial charge in [-0.05, 0) is 144 Å². The topological polar surface area (TPSA) is 326 Å². The highest BCUT2D eigenvalue weighted by atomic mass is 19.4. The molecule has 518 valence electrons. The second kappa shape index (κ2) is 32.2. The van der Waals surface area contributed by atoms with Crippen molar-refractivity contribution in [2.24, 2.45) is 11.5 Å². The summed E-state index contributed by atoms with van der Waals surface area (Å²) >= 11 is 0. The molecule has 0 bridgehead atoms. The Morgan fingerprint density at radius 2 is 1.26 bits per heavy atom. The minimum atomic E-state index is -5.26. The molecule has 4 aromatic carbocycles. The van der Waals surface area contributed by atoms with E-state index in [9.17, 15) is 79.4 Å². The average Bonchev–Trinajstić information content (AvgIpc) is 1.28. The van der Waals surface area contributed by atoms with Gasteiger partial charge in [-0.1, -0.05) is 48.5 Å². The van der Waals surface area contributed by atoms with E-state index in [4.69, 9.17) is 20.6 Å². The van der Waals surface area contributed by atoms with Crippen LogP contribution in [-0.2, 0) is 46.4 Å². The maximum atomic E-state index is 14.3. The molecule has 2 saturated heterocycles. The maximum absolute atomic E-state index is 14.3. The molecule has 0 aromatic heterocycles. The molecule has 6 atom stereocenters. The smallest absolute Gasteiger partial charge is 0.471 e. The van der Waals surface area contributed by atoms with Crippen LogP contribution in [0.3, 0.4) is 0 Å². The zero-order valence-electron chi connectivity index (χ0n) is 53.4. The summed E-state index contributed by atoms with van der Waals surface area (Å²) in [7, 11) is 1.55. The van der Waals surface area contributed by atoms with Crippen molar-refractivity contribution in [3.05, 3.63) is 142 Å². The number of hydrogen-bond acceptors (Lipinski definition) is 14. The van der Waals surface area contributed by atoms with Crippen LogP contribution in [0.4, 0.5) is 26.3 Å². The number of nitrogens with two attached hydrogens (primary N) is 2. The number of likely N-dealkylation sites (tertiary alicyclic amines) is 2. The van der Waals surface area contributed by atoms with Crippen molar-refractivity contribution in [1.82, 2.24) is 40.9 Å². The third kappa shape index (κ3) is 19.0. The molecular formula is C68H76F6N10O13. The molecule has 8 rings (SSSR count). The molecule has 4 aliphatic rings. The van der Waals surface area contributed by atoms with Gasteiger partial charge in [0.05, 0.1) is 24.1 Å². The lowest BCUT2D eigenvalue weighted by atomic mass is 9.90. The largest absolute Gasteiger partial charge is 0.478 e. The third-order valence-electron chi connectivity index (χ3n) is 17.1. The number of nitrogens with zero attached hydrogens (tertiary/aromatic N) is 4. The highest BCUT2D eigenvalue weighted by Gasteiger charge is 2.46. The number of halogens is 6. The first-order chi connectivity index (χ1) is 46.0. The fraction of sp³-hybridized carbons (Fsp3) is 0.412. The molecule has 9 N–H and O–H groups in total. The lowest BCUT2D eigenvalue weighted by Crippen LogP contribution is -2.56. The van der Waals surface area contributed by atoms with Gasteiger partial charge in [-0.25, -0.2) is 4.79 Å². The summed E-state index contributed by atoms with van der Waals surface area (Å²) in [5, 5.41) is 21.8. The summed E-state index contributed by atoms with van der Waals surface area (Å²) in [6.45, 7) is 1.69. The van der Waals surface area contributed by atoms with Crippen LogP contribution in [0.15, 0.2) is 118 Å². The number of fused-ring (bicyclic) bond motifs is 2. The van der Waals surface area contributed by atoms with Gasteiger partial charge in [0, 0.05) is 92.1 Å². The average molecular weight is 1360 g/mol. The van der Waals surface area contributed by atoms with E-state index in [2.05, 4.69) is 21.3 Å². The van der Waals surface area contributed by atoms with E-state index in [1.807, 2.05) is 0 Å². The molecule has 0 spiro atoms. The Labute approximate surface area is 553 Å². The summed E-state index contributed by atoms with van der Waals surface area (Å²) in [6.07, 6.45) is -8.95. The molecule has 2 fully saturated rings. The number of likely N-dealkylation sites (N-methyl/N-ethyl adjacent to an activating group) is 1. The van der Waals surface area contributed by atoms with Crippen LogP contribution in [0, 0.1) is 0 Å². The highest BCUT2D eigenvalue weighted by molar-refractivity contribution is 6.09. The van der Waals surface area contributed by atoms with Gasteiger partial charge in [0.25, 0.3) is 5.91 Å². The van der Waals surface area contributed by atoms with Crippen LogP contribution >= 0.6 is 0 Å². The number of carbonyl (C=O) groups is 9. The number of alkyl halides is 6. The van der Waals surface area contributed by atoms with E-state index in [-0.39, 0.29) is 111 Å². The third-order valence-corrected chi connectivity index (χ3v) is 17.1. The van der Waals surface area contributed by atoms with Crippen LogP contribution in [0.25, 0.3) is 33.4 Å². The van der Waals surface area contributed by atoms with Crippen molar-refractivity contribution in [3.63, 3.8) is 0 Å². The predicted molar refractivity (Wildman–Crippen MR) is 343 cm³/mol. The van der Waals surface area contributed by atoms with E-state index in [1.165, 1.54) is 71.3 Å². The Morgan fingerprint density at radius 1 is 0.691 bits per heavy atom. The first kappa shape index (κ1) is 72.9. The number of nitrogens with one attached hydrogen (secondary N) is 4. The second-order valence-electron chi connectivity index (χ2n) is 24.1. The Morgan fingerprint density at radius 3 is 1.82 bits per heavy atom. The zero-order chi connectivity index (χ0) is 70.5. The van der Waals surface area contributed by atoms with Gasteiger partial charge in [-0.15, -0.1) is 0 Å². The molecule has 3 aliphatic heterocycles. The molecule has 0 radical (unpaired) electrons. The standard InChI is InChI=1S/C68H76F6N10O13/c1-39(75)59(87)80-54(36-57(76)86)63(91)84-30-10-14-45(84)38-82(66(95)68(72,73)74)32-27-42-16-20-47(21-17-42)96-48-22-25-51-56(35-48)97-55-34-46(85)19-24-50(55)58(51)49-23-18-43(33-52(49)64(92)93)61(89)78-28-8-7-15-53(79-60(88)40(2)77-3)62(90)83-29-9-13-44(83)37-81(65(94)67(69,70)71)31-26-41-11-5-4-6-12-41/h4-6,11-12,16-25,33-35,39-40,44-45,53-54,77H,7-10,13-15,26-32,36-38,75H2,1-3H3,(H2,76,86)(H,78,89)(H,79,88)(H,80,87)(H,92,93)/t39-,40-,44-,45-,53-,54-/m0/s1.